The molecule has 0 fully saturated rings. The van der Waals surface area contributed by atoms with Crippen molar-refractivity contribution in [3.8, 4) is 10.6 Å². The van der Waals surface area contributed by atoms with Crippen LogP contribution in [0.15, 0.2) is 30.5 Å². The molecule has 0 bridgehead atoms. The molecule has 0 unspecified atom stereocenters. The first-order valence-electron chi connectivity index (χ1n) is 6.11. The average Bonchev–Trinajstić information content (AvgIpc) is 2.91. The standard InChI is InChI=1S/C13H15N3O2S/c1-3-15(4-2)11-7-5-10(6-8-11)13-14-9-12(19-13)16(17)18/h5-9H,3-4H2,1-2H3. The summed E-state index contributed by atoms with van der Waals surface area (Å²) in [4.78, 5) is 16.6. The minimum atomic E-state index is -0.411. The largest absolute Gasteiger partial charge is 0.372 e. The van der Waals surface area contributed by atoms with E-state index in [2.05, 4.69) is 23.7 Å². The van der Waals surface area contributed by atoms with Crippen LogP contribution in [0.4, 0.5) is 10.7 Å². The molecule has 2 aromatic rings. The van der Waals surface area contributed by atoms with E-state index in [0.29, 0.717) is 5.01 Å². The number of benzene rings is 1. The van der Waals surface area contributed by atoms with Crippen molar-refractivity contribution < 1.29 is 4.92 Å². The van der Waals surface area contributed by atoms with E-state index in [9.17, 15) is 10.1 Å². The van der Waals surface area contributed by atoms with Crippen molar-refractivity contribution in [1.82, 2.24) is 4.98 Å². The van der Waals surface area contributed by atoms with Crippen LogP contribution in [0, 0.1) is 10.1 Å². The molecule has 1 heterocycles. The molecular formula is C13H15N3O2S. The minimum absolute atomic E-state index is 0.0721. The summed E-state index contributed by atoms with van der Waals surface area (Å²) in [6.07, 6.45) is 1.30. The van der Waals surface area contributed by atoms with E-state index in [1.165, 1.54) is 6.20 Å². The molecular weight excluding hydrogens is 262 g/mol. The van der Waals surface area contributed by atoms with E-state index in [4.69, 9.17) is 0 Å². The fraction of sp³-hybridized carbons (Fsp3) is 0.308. The predicted molar refractivity (Wildman–Crippen MR) is 77.8 cm³/mol. The monoisotopic (exact) mass is 277 g/mol. The van der Waals surface area contributed by atoms with Crippen molar-refractivity contribution in [3.63, 3.8) is 0 Å². The van der Waals surface area contributed by atoms with Crippen LogP contribution in [0.1, 0.15) is 13.8 Å². The lowest BCUT2D eigenvalue weighted by Crippen LogP contribution is -2.21. The van der Waals surface area contributed by atoms with Gasteiger partial charge >= 0.3 is 5.00 Å². The molecule has 0 aliphatic heterocycles. The minimum Gasteiger partial charge on any atom is -0.372 e. The topological polar surface area (TPSA) is 59.3 Å². The molecule has 0 spiro atoms. The molecule has 0 amide bonds. The smallest absolute Gasteiger partial charge is 0.344 e. The Bertz CT molecular complexity index is 562. The molecule has 0 N–H and O–H groups in total. The first-order chi connectivity index (χ1) is 9.15. The second-order valence-corrected chi connectivity index (χ2v) is 4.99. The van der Waals surface area contributed by atoms with Crippen molar-refractivity contribution in [2.24, 2.45) is 0 Å². The zero-order chi connectivity index (χ0) is 13.8. The lowest BCUT2D eigenvalue weighted by atomic mass is 10.2. The molecule has 0 saturated carbocycles. The van der Waals surface area contributed by atoms with Gasteiger partial charge < -0.3 is 4.90 Å². The predicted octanol–water partition coefficient (Wildman–Crippen LogP) is 3.56. The van der Waals surface area contributed by atoms with Gasteiger partial charge in [-0.3, -0.25) is 10.1 Å². The maximum Gasteiger partial charge on any atom is 0.344 e. The number of hydrogen-bond donors (Lipinski definition) is 0. The van der Waals surface area contributed by atoms with Gasteiger partial charge in [0.1, 0.15) is 11.2 Å². The lowest BCUT2D eigenvalue weighted by molar-refractivity contribution is -0.380. The normalized spacial score (nSPS) is 10.4. The third-order valence-corrected chi connectivity index (χ3v) is 3.91. The Hall–Kier alpha value is -1.95. The van der Waals surface area contributed by atoms with Crippen molar-refractivity contribution in [2.75, 3.05) is 18.0 Å². The Morgan fingerprint density at radius 1 is 1.26 bits per heavy atom. The van der Waals surface area contributed by atoms with Crippen molar-refractivity contribution in [1.29, 1.82) is 0 Å². The van der Waals surface area contributed by atoms with Crippen LogP contribution in [-0.4, -0.2) is 23.0 Å². The van der Waals surface area contributed by atoms with Gasteiger partial charge in [0.05, 0.1) is 4.92 Å². The summed E-state index contributed by atoms with van der Waals surface area (Å²) in [5.74, 6) is 0. The lowest BCUT2D eigenvalue weighted by Gasteiger charge is -2.20. The molecule has 0 aliphatic carbocycles. The number of anilines is 1. The molecule has 0 radical (unpaired) electrons. The molecule has 5 nitrogen and oxygen atoms in total. The quantitative estimate of drug-likeness (QED) is 0.619. The number of nitrogens with zero attached hydrogens (tertiary/aromatic N) is 3. The van der Waals surface area contributed by atoms with Gasteiger partial charge in [-0.15, -0.1) is 0 Å². The zero-order valence-electron chi connectivity index (χ0n) is 10.9. The summed E-state index contributed by atoms with van der Waals surface area (Å²) in [5.41, 5.74) is 2.06. The van der Waals surface area contributed by atoms with Crippen LogP contribution < -0.4 is 4.90 Å². The van der Waals surface area contributed by atoms with Crippen LogP contribution in [0.25, 0.3) is 10.6 Å². The van der Waals surface area contributed by atoms with Crippen molar-refractivity contribution >= 4 is 22.0 Å². The van der Waals surface area contributed by atoms with E-state index in [1.807, 2.05) is 24.3 Å². The number of hydrogen-bond acceptors (Lipinski definition) is 5. The second-order valence-electron chi connectivity index (χ2n) is 3.98. The van der Waals surface area contributed by atoms with Crippen molar-refractivity contribution in [2.45, 2.75) is 13.8 Å². The molecule has 100 valence electrons. The highest BCUT2D eigenvalue weighted by Gasteiger charge is 2.12. The molecule has 0 aliphatic rings. The average molecular weight is 277 g/mol. The Kier molecular flexibility index (Phi) is 4.11. The summed E-state index contributed by atoms with van der Waals surface area (Å²) < 4.78 is 0. The fourth-order valence-electron chi connectivity index (χ4n) is 1.89. The molecule has 1 aromatic carbocycles. The van der Waals surface area contributed by atoms with E-state index in [1.54, 1.807) is 0 Å². The van der Waals surface area contributed by atoms with E-state index in [-0.39, 0.29) is 5.00 Å². The molecule has 0 atom stereocenters. The zero-order valence-corrected chi connectivity index (χ0v) is 11.7. The Balaban J connectivity index is 2.24. The fourth-order valence-corrected chi connectivity index (χ4v) is 2.62. The molecule has 0 saturated heterocycles. The maximum absolute atomic E-state index is 10.6. The van der Waals surface area contributed by atoms with Gasteiger partial charge in [0.25, 0.3) is 0 Å². The van der Waals surface area contributed by atoms with Crippen LogP contribution in [0.2, 0.25) is 0 Å². The van der Waals surface area contributed by atoms with Crippen LogP contribution in [0.3, 0.4) is 0 Å². The molecule has 1 aromatic heterocycles. The van der Waals surface area contributed by atoms with Gasteiger partial charge in [-0.05, 0) is 49.4 Å². The first kappa shape index (κ1) is 13.5. The highest BCUT2D eigenvalue weighted by Crippen LogP contribution is 2.30. The molecule has 6 heteroatoms. The van der Waals surface area contributed by atoms with Gasteiger partial charge in [-0.25, -0.2) is 4.98 Å². The van der Waals surface area contributed by atoms with Crippen molar-refractivity contribution in [3.05, 3.63) is 40.6 Å². The summed E-state index contributed by atoms with van der Waals surface area (Å²) in [6, 6.07) is 7.96. The highest BCUT2D eigenvalue weighted by atomic mass is 32.1. The number of thiazole rings is 1. The third kappa shape index (κ3) is 2.90. The first-order valence-corrected chi connectivity index (χ1v) is 6.93. The molecule has 2 rings (SSSR count). The van der Waals surface area contributed by atoms with Gasteiger partial charge in [0.2, 0.25) is 0 Å². The second kappa shape index (κ2) is 5.79. The van der Waals surface area contributed by atoms with E-state index < -0.39 is 4.92 Å². The number of nitro groups is 1. The summed E-state index contributed by atoms with van der Waals surface area (Å²) >= 11 is 1.10. The maximum atomic E-state index is 10.6. The summed E-state index contributed by atoms with van der Waals surface area (Å²) in [6.45, 7) is 6.14. The highest BCUT2D eigenvalue weighted by molar-refractivity contribution is 7.18. The van der Waals surface area contributed by atoms with Crippen LogP contribution in [0.5, 0.6) is 0 Å². The number of rotatable bonds is 5. The van der Waals surface area contributed by atoms with Crippen LogP contribution >= 0.6 is 11.3 Å². The van der Waals surface area contributed by atoms with Gasteiger partial charge in [-0.2, -0.15) is 0 Å². The van der Waals surface area contributed by atoms with E-state index in [0.717, 1.165) is 35.7 Å². The summed E-state index contributed by atoms with van der Waals surface area (Å²) in [5, 5.41) is 11.4. The van der Waals surface area contributed by atoms with E-state index >= 15 is 0 Å². The van der Waals surface area contributed by atoms with Gasteiger partial charge in [0, 0.05) is 24.3 Å². The Morgan fingerprint density at radius 3 is 2.37 bits per heavy atom. The summed E-state index contributed by atoms with van der Waals surface area (Å²) in [7, 11) is 0. The van der Waals surface area contributed by atoms with Gasteiger partial charge in [-0.1, -0.05) is 0 Å². The Morgan fingerprint density at radius 2 is 1.89 bits per heavy atom. The van der Waals surface area contributed by atoms with Crippen LogP contribution in [-0.2, 0) is 0 Å². The van der Waals surface area contributed by atoms with Gasteiger partial charge in [0.15, 0.2) is 0 Å². The Labute approximate surface area is 115 Å². The number of aromatic nitrogens is 1. The third-order valence-electron chi connectivity index (χ3n) is 2.92. The SMILES string of the molecule is CCN(CC)c1ccc(-c2ncc([N+](=O)[O-])s2)cc1. The molecule has 19 heavy (non-hydrogen) atoms.